The minimum atomic E-state index is -3.74. The Morgan fingerprint density at radius 3 is 2.29 bits per heavy atom. The molecule has 126 valence electrons. The Morgan fingerprint density at radius 2 is 1.71 bits per heavy atom. The van der Waals surface area contributed by atoms with Gasteiger partial charge < -0.3 is 10.1 Å². The molecule has 0 aromatic heterocycles. The van der Waals surface area contributed by atoms with Gasteiger partial charge in [0.2, 0.25) is 10.0 Å². The first-order valence-electron chi connectivity index (χ1n) is 6.89. The Labute approximate surface area is 139 Å². The van der Waals surface area contributed by atoms with Gasteiger partial charge in [-0.05, 0) is 35.9 Å². The van der Waals surface area contributed by atoms with Crippen LogP contribution in [0.5, 0.6) is 0 Å². The standard InChI is InChI=1S/C16H16N2O5S/c1-23-16(20)13-4-2-3-12(9-13)15(19)18-10-11-5-7-14(8-6-11)24(17,21)22/h2-9H,10H2,1H3,(H,18,19)(H2,17,21,22). The van der Waals surface area contributed by atoms with Gasteiger partial charge in [0.15, 0.2) is 0 Å². The van der Waals surface area contributed by atoms with Crippen molar-refractivity contribution in [1.82, 2.24) is 5.32 Å². The van der Waals surface area contributed by atoms with E-state index in [1.165, 1.54) is 25.3 Å². The number of hydrogen-bond donors (Lipinski definition) is 2. The number of benzene rings is 2. The highest BCUT2D eigenvalue weighted by atomic mass is 32.2. The molecule has 7 nitrogen and oxygen atoms in total. The zero-order chi connectivity index (χ0) is 17.7. The second-order valence-electron chi connectivity index (χ2n) is 4.94. The van der Waals surface area contributed by atoms with Gasteiger partial charge in [0, 0.05) is 12.1 Å². The number of rotatable bonds is 5. The van der Waals surface area contributed by atoms with Crippen molar-refractivity contribution >= 4 is 21.9 Å². The smallest absolute Gasteiger partial charge is 0.337 e. The molecule has 0 fully saturated rings. The second-order valence-corrected chi connectivity index (χ2v) is 6.51. The summed E-state index contributed by atoms with van der Waals surface area (Å²) >= 11 is 0. The van der Waals surface area contributed by atoms with E-state index in [0.717, 1.165) is 0 Å². The number of esters is 1. The van der Waals surface area contributed by atoms with E-state index in [1.54, 1.807) is 30.3 Å². The van der Waals surface area contributed by atoms with Crippen LogP contribution in [-0.2, 0) is 21.3 Å². The summed E-state index contributed by atoms with van der Waals surface area (Å²) < 4.78 is 27.0. The van der Waals surface area contributed by atoms with Gasteiger partial charge in [-0.2, -0.15) is 0 Å². The van der Waals surface area contributed by atoms with Crippen molar-refractivity contribution in [3.63, 3.8) is 0 Å². The zero-order valence-corrected chi connectivity index (χ0v) is 13.7. The maximum Gasteiger partial charge on any atom is 0.337 e. The maximum absolute atomic E-state index is 12.1. The minimum absolute atomic E-state index is 0.00311. The van der Waals surface area contributed by atoms with E-state index in [1.807, 2.05) is 0 Å². The number of methoxy groups -OCH3 is 1. The van der Waals surface area contributed by atoms with Crippen LogP contribution in [0.25, 0.3) is 0 Å². The Bertz CT molecular complexity index is 860. The van der Waals surface area contributed by atoms with Gasteiger partial charge in [0.25, 0.3) is 5.91 Å². The number of carbonyl (C=O) groups is 2. The molecule has 0 aliphatic rings. The molecule has 0 spiro atoms. The fourth-order valence-electron chi connectivity index (χ4n) is 1.99. The first kappa shape index (κ1) is 17.6. The third-order valence-corrected chi connectivity index (χ3v) is 4.18. The first-order chi connectivity index (χ1) is 11.3. The van der Waals surface area contributed by atoms with Gasteiger partial charge in [-0.3, -0.25) is 4.79 Å². The molecule has 0 bridgehead atoms. The molecule has 0 heterocycles. The summed E-state index contributed by atoms with van der Waals surface area (Å²) in [6.07, 6.45) is 0. The molecule has 0 aliphatic carbocycles. The number of nitrogens with one attached hydrogen (secondary N) is 1. The number of primary sulfonamides is 1. The van der Waals surface area contributed by atoms with Gasteiger partial charge in [-0.25, -0.2) is 18.4 Å². The highest BCUT2D eigenvalue weighted by Crippen LogP contribution is 2.10. The average Bonchev–Trinajstić information content (AvgIpc) is 2.58. The molecule has 0 aliphatic heterocycles. The zero-order valence-electron chi connectivity index (χ0n) is 12.9. The van der Waals surface area contributed by atoms with Gasteiger partial charge in [-0.15, -0.1) is 0 Å². The van der Waals surface area contributed by atoms with E-state index in [2.05, 4.69) is 10.1 Å². The third-order valence-electron chi connectivity index (χ3n) is 3.25. The van der Waals surface area contributed by atoms with Crippen LogP contribution in [0.1, 0.15) is 26.3 Å². The van der Waals surface area contributed by atoms with Crippen molar-refractivity contribution in [1.29, 1.82) is 0 Å². The summed E-state index contributed by atoms with van der Waals surface area (Å²) in [6.45, 7) is 0.201. The fraction of sp³-hybridized carbons (Fsp3) is 0.125. The molecule has 2 aromatic carbocycles. The Morgan fingerprint density at radius 1 is 1.08 bits per heavy atom. The maximum atomic E-state index is 12.1. The van der Waals surface area contributed by atoms with Crippen molar-refractivity contribution < 1.29 is 22.7 Å². The predicted molar refractivity (Wildman–Crippen MR) is 86.8 cm³/mol. The van der Waals surface area contributed by atoms with Crippen LogP contribution >= 0.6 is 0 Å². The van der Waals surface area contributed by atoms with Crippen molar-refractivity contribution in [3.05, 3.63) is 65.2 Å². The number of nitrogens with two attached hydrogens (primary N) is 1. The van der Waals surface area contributed by atoms with Crippen LogP contribution < -0.4 is 10.5 Å². The Hall–Kier alpha value is -2.71. The molecule has 0 radical (unpaired) electrons. The summed E-state index contributed by atoms with van der Waals surface area (Å²) in [7, 11) is -2.48. The van der Waals surface area contributed by atoms with Crippen LogP contribution in [0.15, 0.2) is 53.4 Å². The van der Waals surface area contributed by atoms with Crippen LogP contribution in [0.2, 0.25) is 0 Å². The van der Waals surface area contributed by atoms with Gasteiger partial charge >= 0.3 is 5.97 Å². The minimum Gasteiger partial charge on any atom is -0.465 e. The number of ether oxygens (including phenoxy) is 1. The summed E-state index contributed by atoms with van der Waals surface area (Å²) in [5.74, 6) is -0.889. The SMILES string of the molecule is COC(=O)c1cccc(C(=O)NCc2ccc(S(N)(=O)=O)cc2)c1. The molecule has 2 aromatic rings. The van der Waals surface area contributed by atoms with E-state index in [4.69, 9.17) is 5.14 Å². The van der Waals surface area contributed by atoms with Crippen molar-refractivity contribution in [2.24, 2.45) is 5.14 Å². The molecule has 3 N–H and O–H groups in total. The molecule has 0 saturated heterocycles. The summed E-state index contributed by atoms with van der Waals surface area (Å²) in [4.78, 5) is 23.6. The summed E-state index contributed by atoms with van der Waals surface area (Å²) in [6, 6.07) is 12.0. The third kappa shape index (κ3) is 4.40. The lowest BCUT2D eigenvalue weighted by atomic mass is 10.1. The Balaban J connectivity index is 2.04. The largest absolute Gasteiger partial charge is 0.465 e. The molecular weight excluding hydrogens is 332 g/mol. The number of amides is 1. The molecule has 24 heavy (non-hydrogen) atoms. The highest BCUT2D eigenvalue weighted by Gasteiger charge is 2.11. The van der Waals surface area contributed by atoms with Crippen molar-refractivity contribution in [3.8, 4) is 0 Å². The van der Waals surface area contributed by atoms with Crippen LogP contribution in [0.3, 0.4) is 0 Å². The number of sulfonamides is 1. The van der Waals surface area contributed by atoms with Crippen LogP contribution in [0.4, 0.5) is 0 Å². The monoisotopic (exact) mass is 348 g/mol. The summed E-state index contributed by atoms with van der Waals surface area (Å²) in [5, 5.41) is 7.71. The molecule has 0 atom stereocenters. The lowest BCUT2D eigenvalue weighted by Crippen LogP contribution is -2.23. The summed E-state index contributed by atoms with van der Waals surface area (Å²) in [5.41, 5.74) is 1.31. The van der Waals surface area contributed by atoms with Crippen LogP contribution in [-0.4, -0.2) is 27.4 Å². The lowest BCUT2D eigenvalue weighted by molar-refractivity contribution is 0.0600. The molecule has 0 unspecified atom stereocenters. The second kappa shape index (κ2) is 7.24. The Kier molecular flexibility index (Phi) is 5.32. The molecule has 1 amide bonds. The van der Waals surface area contributed by atoms with Crippen molar-refractivity contribution in [2.75, 3.05) is 7.11 Å². The van der Waals surface area contributed by atoms with Crippen LogP contribution in [0, 0.1) is 0 Å². The predicted octanol–water partition coefficient (Wildman–Crippen LogP) is 1.05. The van der Waals surface area contributed by atoms with Crippen molar-refractivity contribution in [2.45, 2.75) is 11.4 Å². The lowest BCUT2D eigenvalue weighted by Gasteiger charge is -2.07. The number of hydrogen-bond acceptors (Lipinski definition) is 5. The average molecular weight is 348 g/mol. The normalized spacial score (nSPS) is 10.9. The number of carbonyl (C=O) groups excluding carboxylic acids is 2. The van der Waals surface area contributed by atoms with Gasteiger partial charge in [0.05, 0.1) is 17.6 Å². The fourth-order valence-corrected chi connectivity index (χ4v) is 2.50. The first-order valence-corrected chi connectivity index (χ1v) is 8.44. The van der Waals surface area contributed by atoms with E-state index < -0.39 is 16.0 Å². The molecule has 8 heteroatoms. The van der Waals surface area contributed by atoms with E-state index in [0.29, 0.717) is 11.1 Å². The van der Waals surface area contributed by atoms with Gasteiger partial charge in [0.1, 0.15) is 0 Å². The van der Waals surface area contributed by atoms with E-state index in [-0.39, 0.29) is 22.9 Å². The van der Waals surface area contributed by atoms with E-state index >= 15 is 0 Å². The topological polar surface area (TPSA) is 116 Å². The molecule has 0 saturated carbocycles. The highest BCUT2D eigenvalue weighted by molar-refractivity contribution is 7.89. The van der Waals surface area contributed by atoms with Gasteiger partial charge in [-0.1, -0.05) is 18.2 Å². The molecule has 2 rings (SSSR count). The quantitative estimate of drug-likeness (QED) is 0.784. The van der Waals surface area contributed by atoms with E-state index in [9.17, 15) is 18.0 Å². The molecular formula is C16H16N2O5S.